The molecule has 13 heteroatoms. The fraction of sp³-hybridized carbons (Fsp3) is 0.200. The second-order valence-corrected chi connectivity index (χ2v) is 6.72. The Balaban J connectivity index is 1.98. The van der Waals surface area contributed by atoms with Gasteiger partial charge in [0.1, 0.15) is 11.8 Å². The van der Waals surface area contributed by atoms with Crippen LogP contribution in [-0.2, 0) is 14.4 Å². The topological polar surface area (TPSA) is 145 Å². The number of nitrogen functional groups attached to an aromatic ring is 1. The average molecular weight is 472 g/mol. The number of anilines is 1. The molecule has 0 radical (unpaired) electrons. The van der Waals surface area contributed by atoms with Gasteiger partial charge in [0.05, 0.1) is 0 Å². The van der Waals surface area contributed by atoms with Gasteiger partial charge in [-0.25, -0.2) is 22.0 Å². The van der Waals surface area contributed by atoms with Crippen molar-refractivity contribution in [1.82, 2.24) is 5.32 Å². The third kappa shape index (κ3) is 6.02. The minimum absolute atomic E-state index is 0.171. The molecular weight excluding hydrogens is 455 g/mol. The monoisotopic (exact) mass is 472 g/mol. The van der Waals surface area contributed by atoms with Crippen LogP contribution in [0, 0.1) is 34.5 Å². The number of hydrogen-bond acceptors (Lipinski definition) is 4. The second-order valence-electron chi connectivity index (χ2n) is 6.72. The maximum absolute atomic E-state index is 13.9. The minimum Gasteiger partial charge on any atom is -0.481 e. The van der Waals surface area contributed by atoms with Gasteiger partial charge in [-0.1, -0.05) is 0 Å². The minimum atomic E-state index is -2.44. The third-order valence-corrected chi connectivity index (χ3v) is 4.45. The highest BCUT2D eigenvalue weighted by Gasteiger charge is 2.34. The van der Waals surface area contributed by atoms with Gasteiger partial charge in [0.2, 0.25) is 17.6 Å². The fourth-order valence-electron chi connectivity index (χ4n) is 2.73. The lowest BCUT2D eigenvalue weighted by Gasteiger charge is -2.16. The van der Waals surface area contributed by atoms with Crippen molar-refractivity contribution >= 4 is 29.3 Å². The Morgan fingerprint density at radius 3 is 1.85 bits per heavy atom. The van der Waals surface area contributed by atoms with Crippen LogP contribution in [0.1, 0.15) is 29.9 Å². The van der Waals surface area contributed by atoms with Crippen LogP contribution in [0.2, 0.25) is 0 Å². The zero-order chi connectivity index (χ0) is 24.9. The van der Waals surface area contributed by atoms with Crippen LogP contribution in [0.4, 0.5) is 27.6 Å². The van der Waals surface area contributed by atoms with Crippen LogP contribution in [0.25, 0.3) is 0 Å². The number of benzene rings is 2. The Morgan fingerprint density at radius 1 is 0.879 bits per heavy atom. The van der Waals surface area contributed by atoms with Gasteiger partial charge in [0, 0.05) is 36.2 Å². The summed E-state index contributed by atoms with van der Waals surface area (Å²) in [6, 6.07) is 5.90. The first-order chi connectivity index (χ1) is 15.4. The van der Waals surface area contributed by atoms with Crippen LogP contribution in [-0.4, -0.2) is 35.3 Å². The van der Waals surface area contributed by atoms with Crippen molar-refractivity contribution in [2.45, 2.75) is 18.8 Å². The number of carbonyl (C=O) groups excluding carboxylic acids is 2. The van der Waals surface area contributed by atoms with Gasteiger partial charge in [-0.05, 0) is 24.3 Å². The lowest BCUT2D eigenvalue weighted by molar-refractivity contribution is -0.139. The van der Waals surface area contributed by atoms with E-state index in [4.69, 9.17) is 16.2 Å². The molecule has 0 aliphatic heterocycles. The molecule has 6 N–H and O–H groups in total. The molecule has 2 aromatic rings. The summed E-state index contributed by atoms with van der Waals surface area (Å²) >= 11 is 0. The van der Waals surface area contributed by atoms with Crippen molar-refractivity contribution < 1.29 is 41.4 Å². The first-order valence-electron chi connectivity index (χ1n) is 9.19. The summed E-state index contributed by atoms with van der Waals surface area (Å²) in [6.07, 6.45) is -0.818. The van der Waals surface area contributed by atoms with Gasteiger partial charge in [0.25, 0.3) is 0 Å². The summed E-state index contributed by atoms with van der Waals surface area (Å²) in [5.74, 6) is -17.6. The number of amidine groups is 1. The molecule has 33 heavy (non-hydrogen) atoms. The number of halogens is 5. The zero-order valence-corrected chi connectivity index (χ0v) is 16.6. The van der Waals surface area contributed by atoms with E-state index in [1.807, 2.05) is 5.32 Å². The molecule has 0 saturated heterocycles. The van der Waals surface area contributed by atoms with Crippen molar-refractivity contribution in [2.75, 3.05) is 11.9 Å². The molecule has 2 aromatic carbocycles. The highest BCUT2D eigenvalue weighted by Crippen LogP contribution is 2.29. The predicted octanol–water partition coefficient (Wildman–Crippen LogP) is 2.37. The molecule has 0 aliphatic rings. The maximum atomic E-state index is 13.9. The van der Waals surface area contributed by atoms with E-state index in [1.165, 1.54) is 24.3 Å². The lowest BCUT2D eigenvalue weighted by atomic mass is 9.97. The van der Waals surface area contributed by atoms with Crippen LogP contribution < -0.4 is 16.4 Å². The van der Waals surface area contributed by atoms with Crippen molar-refractivity contribution in [3.8, 4) is 0 Å². The first-order valence-corrected chi connectivity index (χ1v) is 9.19. The first kappa shape index (κ1) is 25.2. The molecule has 0 spiro atoms. The highest BCUT2D eigenvalue weighted by molar-refractivity contribution is 5.96. The summed E-state index contributed by atoms with van der Waals surface area (Å²) in [5, 5.41) is 20.9. The molecule has 0 bridgehead atoms. The van der Waals surface area contributed by atoms with Crippen LogP contribution >= 0.6 is 0 Å². The van der Waals surface area contributed by atoms with E-state index in [9.17, 15) is 36.3 Å². The molecular formula is C20H17F5N4O4. The molecule has 176 valence electrons. The lowest BCUT2D eigenvalue weighted by Crippen LogP contribution is -2.33. The molecule has 0 fully saturated rings. The number of nitrogens with two attached hydrogens (primary N) is 1. The number of nitrogens with one attached hydrogen (secondary N) is 3. The van der Waals surface area contributed by atoms with Gasteiger partial charge in [-0.2, -0.15) is 0 Å². The normalized spacial score (nSPS) is 11.5. The molecule has 1 unspecified atom stereocenters. The molecule has 2 rings (SSSR count). The molecule has 8 nitrogen and oxygen atoms in total. The van der Waals surface area contributed by atoms with E-state index >= 15 is 0 Å². The standard InChI is InChI=1S/C20H17F5N4O4/c21-14-13(15(22)17(24)18(25)16(14)23)10(20(32)33)7-28-11(30)5-6-12(31)29-9-3-1-8(2-4-9)19(26)27/h1-4,10H,5-7H2,(H3,26,27)(H,28,30)(H,29,31)(H,32,33). The summed E-state index contributed by atoms with van der Waals surface area (Å²) in [5.41, 5.74) is 4.49. The fourth-order valence-corrected chi connectivity index (χ4v) is 2.73. The summed E-state index contributed by atoms with van der Waals surface area (Å²) in [6.45, 7) is -0.985. The van der Waals surface area contributed by atoms with E-state index in [1.54, 1.807) is 0 Å². The van der Waals surface area contributed by atoms with Gasteiger partial charge >= 0.3 is 5.97 Å². The molecule has 0 aromatic heterocycles. The van der Waals surface area contributed by atoms with Crippen molar-refractivity contribution in [1.29, 1.82) is 5.41 Å². The van der Waals surface area contributed by atoms with Crippen LogP contribution in [0.5, 0.6) is 0 Å². The van der Waals surface area contributed by atoms with Gasteiger partial charge < -0.3 is 21.5 Å². The van der Waals surface area contributed by atoms with Gasteiger partial charge in [0.15, 0.2) is 23.3 Å². The Morgan fingerprint density at radius 2 is 1.36 bits per heavy atom. The van der Waals surface area contributed by atoms with Crippen molar-refractivity contribution in [3.05, 3.63) is 64.5 Å². The molecule has 0 saturated carbocycles. The Bertz CT molecular complexity index is 1080. The van der Waals surface area contributed by atoms with Crippen molar-refractivity contribution in [2.24, 2.45) is 5.73 Å². The average Bonchev–Trinajstić information content (AvgIpc) is 2.77. The number of carboxylic acids is 1. The number of carbonyl (C=O) groups is 3. The van der Waals surface area contributed by atoms with Crippen molar-refractivity contribution in [3.63, 3.8) is 0 Å². The largest absolute Gasteiger partial charge is 0.481 e. The number of hydrogen-bond donors (Lipinski definition) is 5. The summed E-state index contributed by atoms with van der Waals surface area (Å²) in [4.78, 5) is 35.2. The quantitative estimate of drug-likeness (QED) is 0.125. The summed E-state index contributed by atoms with van der Waals surface area (Å²) < 4.78 is 67.7. The van der Waals surface area contributed by atoms with Gasteiger partial charge in [-0.3, -0.25) is 19.8 Å². The van der Waals surface area contributed by atoms with E-state index < -0.39 is 71.3 Å². The molecule has 0 aliphatic carbocycles. The third-order valence-electron chi connectivity index (χ3n) is 4.45. The molecule has 0 heterocycles. The second kappa shape index (κ2) is 10.5. The predicted molar refractivity (Wildman–Crippen MR) is 105 cm³/mol. The SMILES string of the molecule is N=C(N)c1ccc(NC(=O)CCC(=O)NCC(C(=O)O)c2c(F)c(F)c(F)c(F)c2F)cc1. The smallest absolute Gasteiger partial charge is 0.313 e. The molecule has 2 amide bonds. The Labute approximate surface area is 183 Å². The van der Waals surface area contributed by atoms with E-state index in [2.05, 4.69) is 5.32 Å². The van der Waals surface area contributed by atoms with E-state index in [0.717, 1.165) is 0 Å². The van der Waals surface area contributed by atoms with Crippen LogP contribution in [0.15, 0.2) is 24.3 Å². The number of aliphatic carboxylic acids is 1. The number of rotatable bonds is 9. The van der Waals surface area contributed by atoms with Crippen LogP contribution in [0.3, 0.4) is 0 Å². The Hall–Kier alpha value is -4.03. The molecule has 1 atom stereocenters. The Kier molecular flexibility index (Phi) is 8.05. The zero-order valence-electron chi connectivity index (χ0n) is 16.6. The number of amides is 2. The van der Waals surface area contributed by atoms with E-state index in [0.29, 0.717) is 11.3 Å². The maximum Gasteiger partial charge on any atom is 0.313 e. The highest BCUT2D eigenvalue weighted by atomic mass is 19.2. The summed E-state index contributed by atoms with van der Waals surface area (Å²) in [7, 11) is 0. The number of carboxylic acid groups (broad SMARTS) is 1. The van der Waals surface area contributed by atoms with Gasteiger partial charge in [-0.15, -0.1) is 0 Å². The van der Waals surface area contributed by atoms with E-state index in [-0.39, 0.29) is 12.3 Å².